The van der Waals surface area contributed by atoms with Crippen LogP contribution >= 0.6 is 22.6 Å². The number of rotatable bonds is 6. The van der Waals surface area contributed by atoms with Crippen molar-refractivity contribution in [3.8, 4) is 0 Å². The summed E-state index contributed by atoms with van der Waals surface area (Å²) in [6, 6.07) is 0. The van der Waals surface area contributed by atoms with E-state index in [0.29, 0.717) is 21.9 Å². The van der Waals surface area contributed by atoms with Gasteiger partial charge in [-0.25, -0.2) is 4.98 Å². The number of aliphatic hydroxyl groups excluding tert-OH is 1. The molecule has 1 heterocycles. The Morgan fingerprint density at radius 3 is 2.78 bits per heavy atom. The molecule has 0 spiro atoms. The van der Waals surface area contributed by atoms with Gasteiger partial charge in [-0.15, -0.1) is 0 Å². The van der Waals surface area contributed by atoms with Crippen LogP contribution in [0.4, 0.5) is 0 Å². The van der Waals surface area contributed by atoms with Gasteiger partial charge in [-0.1, -0.05) is 13.8 Å². The minimum atomic E-state index is -0.583. The highest BCUT2D eigenvalue weighted by Gasteiger charge is 2.10. The SMILES string of the molecule is Cc1ncc(I)c(=O)n1CC(O)CNCC(C)C. The Labute approximate surface area is 121 Å². The molecule has 2 N–H and O–H groups in total. The third-order valence-corrected chi connectivity index (χ3v) is 3.27. The first-order valence-corrected chi connectivity index (χ1v) is 7.10. The quantitative estimate of drug-likeness (QED) is 0.731. The second-order valence-electron chi connectivity index (χ2n) is 4.78. The van der Waals surface area contributed by atoms with Crippen molar-refractivity contribution in [3.63, 3.8) is 0 Å². The highest BCUT2D eigenvalue weighted by molar-refractivity contribution is 14.1. The van der Waals surface area contributed by atoms with Crippen LogP contribution in [0, 0.1) is 16.4 Å². The van der Waals surface area contributed by atoms with Crippen molar-refractivity contribution < 1.29 is 5.11 Å². The fourth-order valence-corrected chi connectivity index (χ4v) is 2.01. The molecule has 0 saturated carbocycles. The highest BCUT2D eigenvalue weighted by atomic mass is 127. The Morgan fingerprint density at radius 1 is 1.50 bits per heavy atom. The van der Waals surface area contributed by atoms with Gasteiger partial charge in [0.2, 0.25) is 0 Å². The van der Waals surface area contributed by atoms with Crippen molar-refractivity contribution in [2.75, 3.05) is 13.1 Å². The molecule has 0 bridgehead atoms. The summed E-state index contributed by atoms with van der Waals surface area (Å²) in [5, 5.41) is 13.1. The summed E-state index contributed by atoms with van der Waals surface area (Å²) in [5.74, 6) is 1.17. The zero-order chi connectivity index (χ0) is 13.7. The minimum absolute atomic E-state index is 0.0917. The number of hydrogen-bond acceptors (Lipinski definition) is 4. The summed E-state index contributed by atoms with van der Waals surface area (Å²) in [4.78, 5) is 16.0. The molecule has 6 heteroatoms. The molecule has 0 fully saturated rings. The van der Waals surface area contributed by atoms with Crippen molar-refractivity contribution in [3.05, 3.63) is 25.9 Å². The number of aromatic nitrogens is 2. The van der Waals surface area contributed by atoms with E-state index < -0.39 is 6.10 Å². The Balaban J connectivity index is 2.62. The maximum absolute atomic E-state index is 11.9. The van der Waals surface area contributed by atoms with Gasteiger partial charge >= 0.3 is 0 Å². The van der Waals surface area contributed by atoms with Gasteiger partial charge in [0.25, 0.3) is 5.56 Å². The highest BCUT2D eigenvalue weighted by Crippen LogP contribution is 1.99. The predicted octanol–water partition coefficient (Wildman–Crippen LogP) is 0.763. The Morgan fingerprint density at radius 2 is 2.17 bits per heavy atom. The van der Waals surface area contributed by atoms with Crippen molar-refractivity contribution >= 4 is 22.6 Å². The van der Waals surface area contributed by atoms with Crippen LogP contribution in [-0.4, -0.2) is 33.9 Å². The lowest BCUT2D eigenvalue weighted by atomic mass is 10.2. The number of nitrogens with zero attached hydrogens (tertiary/aromatic N) is 2. The molecule has 102 valence electrons. The van der Waals surface area contributed by atoms with Gasteiger partial charge < -0.3 is 10.4 Å². The maximum Gasteiger partial charge on any atom is 0.267 e. The molecule has 0 amide bonds. The van der Waals surface area contributed by atoms with Gasteiger partial charge in [0.15, 0.2) is 0 Å². The molecule has 1 unspecified atom stereocenters. The average Bonchev–Trinajstić information content (AvgIpc) is 2.29. The van der Waals surface area contributed by atoms with Crippen LogP contribution in [0.5, 0.6) is 0 Å². The number of aryl methyl sites for hydroxylation is 1. The fourth-order valence-electron chi connectivity index (χ4n) is 1.58. The molecule has 0 aliphatic carbocycles. The van der Waals surface area contributed by atoms with Crippen molar-refractivity contribution in [1.29, 1.82) is 0 Å². The standard InChI is InChI=1S/C12H20IN3O2/c1-8(2)4-14-5-10(17)7-16-9(3)15-6-11(13)12(16)18/h6,8,10,14,17H,4-5,7H2,1-3H3. The molecule has 18 heavy (non-hydrogen) atoms. The zero-order valence-corrected chi connectivity index (χ0v) is 13.1. The van der Waals surface area contributed by atoms with E-state index in [-0.39, 0.29) is 12.1 Å². The topological polar surface area (TPSA) is 67.2 Å². The van der Waals surface area contributed by atoms with Crippen LogP contribution in [0.15, 0.2) is 11.0 Å². The van der Waals surface area contributed by atoms with E-state index in [9.17, 15) is 9.90 Å². The molecule has 0 radical (unpaired) electrons. The van der Waals surface area contributed by atoms with Crippen LogP contribution in [0.25, 0.3) is 0 Å². The number of hydrogen-bond donors (Lipinski definition) is 2. The van der Waals surface area contributed by atoms with Crippen LogP contribution in [0.3, 0.4) is 0 Å². The van der Waals surface area contributed by atoms with E-state index in [4.69, 9.17) is 0 Å². The first-order chi connectivity index (χ1) is 8.41. The first-order valence-electron chi connectivity index (χ1n) is 6.02. The van der Waals surface area contributed by atoms with Crippen molar-refractivity contribution in [2.45, 2.75) is 33.4 Å². The van der Waals surface area contributed by atoms with E-state index >= 15 is 0 Å². The van der Waals surface area contributed by atoms with Crippen LogP contribution in [0.1, 0.15) is 19.7 Å². The average molecular weight is 365 g/mol. The second kappa shape index (κ2) is 7.20. The third-order valence-electron chi connectivity index (χ3n) is 2.53. The molecule has 0 aromatic carbocycles. The molecular weight excluding hydrogens is 345 g/mol. The normalized spacial score (nSPS) is 13.0. The molecule has 1 aromatic rings. The zero-order valence-electron chi connectivity index (χ0n) is 11.0. The molecular formula is C12H20IN3O2. The molecule has 0 aliphatic heterocycles. The largest absolute Gasteiger partial charge is 0.390 e. The minimum Gasteiger partial charge on any atom is -0.390 e. The van der Waals surface area contributed by atoms with Crippen LogP contribution < -0.4 is 10.9 Å². The monoisotopic (exact) mass is 365 g/mol. The van der Waals surface area contributed by atoms with Gasteiger partial charge in [0, 0.05) is 12.7 Å². The van der Waals surface area contributed by atoms with Gasteiger partial charge in [-0.05, 0) is 42.0 Å². The lowest BCUT2D eigenvalue weighted by molar-refractivity contribution is 0.147. The van der Waals surface area contributed by atoms with Gasteiger partial charge in [0.05, 0.1) is 16.2 Å². The van der Waals surface area contributed by atoms with E-state index in [1.165, 1.54) is 4.57 Å². The summed E-state index contributed by atoms with van der Waals surface area (Å²) in [5.41, 5.74) is -0.0917. The summed E-state index contributed by atoms with van der Waals surface area (Å²) in [7, 11) is 0. The van der Waals surface area contributed by atoms with Crippen molar-refractivity contribution in [2.24, 2.45) is 5.92 Å². The summed E-state index contributed by atoms with van der Waals surface area (Å²) in [6.45, 7) is 7.60. The van der Waals surface area contributed by atoms with Gasteiger partial charge in [0.1, 0.15) is 5.82 Å². The third kappa shape index (κ3) is 4.66. The predicted molar refractivity (Wildman–Crippen MR) is 79.7 cm³/mol. The summed E-state index contributed by atoms with van der Waals surface area (Å²) >= 11 is 1.96. The van der Waals surface area contributed by atoms with E-state index in [1.54, 1.807) is 13.1 Å². The molecule has 1 atom stereocenters. The Kier molecular flexibility index (Phi) is 6.24. The lowest BCUT2D eigenvalue weighted by Gasteiger charge is -2.16. The molecule has 0 aliphatic rings. The van der Waals surface area contributed by atoms with E-state index in [1.807, 2.05) is 22.6 Å². The van der Waals surface area contributed by atoms with E-state index in [2.05, 4.69) is 24.1 Å². The molecule has 5 nitrogen and oxygen atoms in total. The molecule has 1 rings (SSSR count). The summed E-state index contributed by atoms with van der Waals surface area (Å²) < 4.78 is 2.09. The Hall–Kier alpha value is -0.470. The Bertz CT molecular complexity index is 445. The van der Waals surface area contributed by atoms with Crippen LogP contribution in [0.2, 0.25) is 0 Å². The number of aliphatic hydroxyl groups is 1. The second-order valence-corrected chi connectivity index (χ2v) is 5.94. The number of halogens is 1. The molecule has 0 saturated heterocycles. The smallest absolute Gasteiger partial charge is 0.267 e. The van der Waals surface area contributed by atoms with E-state index in [0.717, 1.165) is 6.54 Å². The number of nitrogens with one attached hydrogen (secondary N) is 1. The van der Waals surface area contributed by atoms with Crippen molar-refractivity contribution in [1.82, 2.24) is 14.9 Å². The summed E-state index contributed by atoms with van der Waals surface area (Å²) in [6.07, 6.45) is 0.970. The first kappa shape index (κ1) is 15.6. The molecule has 1 aromatic heterocycles. The van der Waals surface area contributed by atoms with Gasteiger partial charge in [-0.3, -0.25) is 9.36 Å². The van der Waals surface area contributed by atoms with Gasteiger partial charge in [-0.2, -0.15) is 0 Å². The lowest BCUT2D eigenvalue weighted by Crippen LogP contribution is -2.36. The fraction of sp³-hybridized carbons (Fsp3) is 0.667. The van der Waals surface area contributed by atoms with Crippen LogP contribution in [-0.2, 0) is 6.54 Å². The maximum atomic E-state index is 11.9.